The smallest absolute Gasteiger partial charge is 0.343 e. The Hall–Kier alpha value is -2.07. The molecule has 0 saturated heterocycles. The first-order valence-corrected chi connectivity index (χ1v) is 12.3. The summed E-state index contributed by atoms with van der Waals surface area (Å²) < 4.78 is 12.1. The van der Waals surface area contributed by atoms with E-state index in [1.54, 1.807) is 24.3 Å². The fraction of sp³-hybridized carbons (Fsp3) is 0.444. The molecule has 0 spiro atoms. The van der Waals surface area contributed by atoms with Crippen LogP contribution in [-0.4, -0.2) is 12.6 Å². The number of allylic oxidation sites excluding steroid dienone is 1. The lowest BCUT2D eigenvalue weighted by atomic mass is 9.79. The van der Waals surface area contributed by atoms with Crippen molar-refractivity contribution in [1.29, 1.82) is 0 Å². The number of benzene rings is 2. The van der Waals surface area contributed by atoms with Crippen molar-refractivity contribution in [2.24, 2.45) is 11.8 Å². The summed E-state index contributed by atoms with van der Waals surface area (Å²) in [4.78, 5) is 12.3. The van der Waals surface area contributed by atoms with Gasteiger partial charge in [-0.1, -0.05) is 60.7 Å². The predicted octanol–water partition coefficient (Wildman–Crippen LogP) is 7.99. The number of carbonyl (C=O) groups excluding carboxylic acids is 1. The van der Waals surface area contributed by atoms with E-state index in [9.17, 15) is 4.79 Å². The van der Waals surface area contributed by atoms with Crippen LogP contribution in [0.1, 0.15) is 68.6 Å². The Morgan fingerprint density at radius 3 is 2.32 bits per heavy atom. The fourth-order valence-electron chi connectivity index (χ4n) is 4.10. The monoisotopic (exact) mass is 484 g/mol. The van der Waals surface area contributed by atoms with Crippen molar-refractivity contribution in [2.45, 2.75) is 58.3 Å². The number of hydrogen-bond donors (Lipinski definition) is 0. The Morgan fingerprint density at radius 2 is 1.65 bits per heavy atom. The van der Waals surface area contributed by atoms with Gasteiger partial charge in [0.1, 0.15) is 18.1 Å². The maximum absolute atomic E-state index is 12.3. The number of carbonyl (C=O) groups is 1. The molecule has 31 heavy (non-hydrogen) atoms. The summed E-state index contributed by atoms with van der Waals surface area (Å²) in [7, 11) is 0. The number of rotatable bonds is 10. The molecule has 0 aromatic heterocycles. The molecule has 0 amide bonds. The third-order valence-electron chi connectivity index (χ3n) is 5.98. The first-order chi connectivity index (χ1) is 15.1. The van der Waals surface area contributed by atoms with Crippen LogP contribution < -0.4 is 9.47 Å². The van der Waals surface area contributed by atoms with Gasteiger partial charge in [0, 0.05) is 4.47 Å². The molecule has 4 heteroatoms. The molecule has 0 radical (unpaired) electrons. The van der Waals surface area contributed by atoms with Crippen LogP contribution in [0.25, 0.3) is 0 Å². The largest absolute Gasteiger partial charge is 0.490 e. The number of halogens is 1. The first kappa shape index (κ1) is 23.6. The molecule has 0 bridgehead atoms. The van der Waals surface area contributed by atoms with E-state index in [2.05, 4.69) is 35.0 Å². The summed E-state index contributed by atoms with van der Waals surface area (Å²) >= 11 is 3.37. The van der Waals surface area contributed by atoms with Gasteiger partial charge in [-0.05, 0) is 86.1 Å². The summed E-state index contributed by atoms with van der Waals surface area (Å²) in [5.41, 5.74) is 0.501. The lowest BCUT2D eigenvalue weighted by Gasteiger charge is -2.26. The summed E-state index contributed by atoms with van der Waals surface area (Å²) in [6.45, 7) is 2.83. The lowest BCUT2D eigenvalue weighted by molar-refractivity contribution is 0.0734. The zero-order valence-electron chi connectivity index (χ0n) is 18.4. The Morgan fingerprint density at radius 1 is 0.968 bits per heavy atom. The Kier molecular flexibility index (Phi) is 9.67. The van der Waals surface area contributed by atoms with Gasteiger partial charge in [0.15, 0.2) is 0 Å². The average Bonchev–Trinajstić information content (AvgIpc) is 2.80. The molecule has 2 aromatic rings. The van der Waals surface area contributed by atoms with Crippen molar-refractivity contribution in [1.82, 2.24) is 0 Å². The van der Waals surface area contributed by atoms with Gasteiger partial charge in [0.2, 0.25) is 0 Å². The van der Waals surface area contributed by atoms with Crippen molar-refractivity contribution >= 4 is 21.9 Å². The summed E-state index contributed by atoms with van der Waals surface area (Å²) in [6.07, 6.45) is 15.3. The summed E-state index contributed by atoms with van der Waals surface area (Å²) in [5, 5.41) is 0. The van der Waals surface area contributed by atoms with Gasteiger partial charge in [0.05, 0.1) is 5.56 Å². The number of unbranched alkanes of at least 4 members (excludes halogenated alkanes) is 2. The molecule has 3 nitrogen and oxygen atoms in total. The van der Waals surface area contributed by atoms with Crippen LogP contribution in [0.3, 0.4) is 0 Å². The minimum atomic E-state index is -0.376. The molecular formula is C27H33BrO3. The molecule has 1 saturated carbocycles. The quantitative estimate of drug-likeness (QED) is 0.148. The average molecular weight is 485 g/mol. The molecule has 166 valence electrons. The Balaban J connectivity index is 1.36. The molecule has 1 aliphatic carbocycles. The predicted molar refractivity (Wildman–Crippen MR) is 130 cm³/mol. The zero-order valence-corrected chi connectivity index (χ0v) is 20.0. The highest BCUT2D eigenvalue weighted by Gasteiger charge is 2.18. The number of hydrogen-bond acceptors (Lipinski definition) is 3. The Bertz CT molecular complexity index is 819. The van der Waals surface area contributed by atoms with Crippen LogP contribution in [0, 0.1) is 11.8 Å². The van der Waals surface area contributed by atoms with Gasteiger partial charge in [-0.2, -0.15) is 0 Å². The molecule has 1 aliphatic rings. The van der Waals surface area contributed by atoms with E-state index >= 15 is 0 Å². The van der Waals surface area contributed by atoms with Gasteiger partial charge in [0.25, 0.3) is 0 Å². The molecular weight excluding hydrogens is 452 g/mol. The third kappa shape index (κ3) is 8.17. The SMILES string of the molecule is CCCCCC1CCC(C=CCOc2ccc(C(=O)Oc3ccc(Br)cc3)cc2)CC1. The van der Waals surface area contributed by atoms with Crippen molar-refractivity contribution in [3.05, 3.63) is 70.7 Å². The van der Waals surface area contributed by atoms with Gasteiger partial charge in [-0.25, -0.2) is 4.79 Å². The topological polar surface area (TPSA) is 35.5 Å². The molecule has 0 aliphatic heterocycles. The molecule has 0 N–H and O–H groups in total. The van der Waals surface area contributed by atoms with Crippen molar-refractivity contribution < 1.29 is 14.3 Å². The molecule has 1 fully saturated rings. The highest BCUT2D eigenvalue weighted by molar-refractivity contribution is 9.10. The van der Waals surface area contributed by atoms with E-state index in [1.165, 1.54) is 51.4 Å². The molecule has 0 unspecified atom stereocenters. The van der Waals surface area contributed by atoms with E-state index in [1.807, 2.05) is 24.3 Å². The standard InChI is InChI=1S/C27H33BrO3/c1-2-3-4-6-21-8-10-22(11-9-21)7-5-20-30-25-16-12-23(13-17-25)27(29)31-26-18-14-24(28)15-19-26/h5,7,12-19,21-22H,2-4,6,8-11,20H2,1H3. The third-order valence-corrected chi connectivity index (χ3v) is 6.50. The van der Waals surface area contributed by atoms with E-state index in [0.717, 1.165) is 16.1 Å². The molecule has 0 atom stereocenters. The van der Waals surface area contributed by atoms with E-state index in [-0.39, 0.29) is 5.97 Å². The minimum Gasteiger partial charge on any atom is -0.490 e. The zero-order chi connectivity index (χ0) is 21.9. The van der Waals surface area contributed by atoms with Crippen LogP contribution in [-0.2, 0) is 0 Å². The van der Waals surface area contributed by atoms with Gasteiger partial charge < -0.3 is 9.47 Å². The maximum Gasteiger partial charge on any atom is 0.343 e. The summed E-state index contributed by atoms with van der Waals surface area (Å²) in [5.74, 6) is 2.54. The highest BCUT2D eigenvalue weighted by Crippen LogP contribution is 2.32. The second-order valence-corrected chi connectivity index (χ2v) is 9.30. The van der Waals surface area contributed by atoms with Gasteiger partial charge in [-0.15, -0.1) is 0 Å². The van der Waals surface area contributed by atoms with Crippen molar-refractivity contribution in [2.75, 3.05) is 6.61 Å². The summed E-state index contributed by atoms with van der Waals surface area (Å²) in [6, 6.07) is 14.3. The van der Waals surface area contributed by atoms with Crippen LogP contribution in [0.5, 0.6) is 11.5 Å². The maximum atomic E-state index is 12.3. The van der Waals surface area contributed by atoms with E-state index in [4.69, 9.17) is 9.47 Å². The second kappa shape index (κ2) is 12.7. The molecule has 2 aromatic carbocycles. The van der Waals surface area contributed by atoms with Gasteiger partial charge in [-0.3, -0.25) is 0 Å². The van der Waals surface area contributed by atoms with Crippen LogP contribution in [0.2, 0.25) is 0 Å². The minimum absolute atomic E-state index is 0.376. The van der Waals surface area contributed by atoms with Crippen LogP contribution in [0.4, 0.5) is 0 Å². The lowest BCUT2D eigenvalue weighted by Crippen LogP contribution is -2.13. The highest BCUT2D eigenvalue weighted by atomic mass is 79.9. The van der Waals surface area contributed by atoms with E-state index in [0.29, 0.717) is 23.8 Å². The second-order valence-electron chi connectivity index (χ2n) is 8.38. The van der Waals surface area contributed by atoms with Crippen LogP contribution >= 0.6 is 15.9 Å². The van der Waals surface area contributed by atoms with Crippen molar-refractivity contribution in [3.8, 4) is 11.5 Å². The van der Waals surface area contributed by atoms with Gasteiger partial charge >= 0.3 is 5.97 Å². The van der Waals surface area contributed by atoms with E-state index < -0.39 is 0 Å². The van der Waals surface area contributed by atoms with Crippen LogP contribution in [0.15, 0.2) is 65.2 Å². The number of ether oxygens (including phenoxy) is 2. The number of esters is 1. The Labute approximate surface area is 195 Å². The molecule has 0 heterocycles. The van der Waals surface area contributed by atoms with Crippen molar-refractivity contribution in [3.63, 3.8) is 0 Å². The normalized spacial score (nSPS) is 18.8. The fourth-order valence-corrected chi connectivity index (χ4v) is 4.36. The molecule has 3 rings (SSSR count). The first-order valence-electron chi connectivity index (χ1n) is 11.5.